The van der Waals surface area contributed by atoms with E-state index in [9.17, 15) is 18.7 Å². The summed E-state index contributed by atoms with van der Waals surface area (Å²) in [7, 11) is 0. The summed E-state index contributed by atoms with van der Waals surface area (Å²) in [6.07, 6.45) is 3.38. The van der Waals surface area contributed by atoms with Crippen LogP contribution in [0.3, 0.4) is 0 Å². The van der Waals surface area contributed by atoms with Crippen molar-refractivity contribution >= 4 is 5.97 Å². The van der Waals surface area contributed by atoms with Crippen LogP contribution in [0.4, 0.5) is 8.78 Å². The highest BCUT2D eigenvalue weighted by atomic mass is 19.3. The van der Waals surface area contributed by atoms with E-state index in [2.05, 4.69) is 0 Å². The monoisotopic (exact) mass is 383 g/mol. The average Bonchev–Trinajstić information content (AvgIpc) is 3.38. The van der Waals surface area contributed by atoms with E-state index >= 15 is 0 Å². The molecule has 5 nitrogen and oxygen atoms in total. The van der Waals surface area contributed by atoms with Gasteiger partial charge >= 0.3 is 5.97 Å². The van der Waals surface area contributed by atoms with Crippen LogP contribution in [0.5, 0.6) is 0 Å². The molecule has 1 heterocycles. The van der Waals surface area contributed by atoms with Crippen LogP contribution in [-0.2, 0) is 14.3 Å². The number of carbonyl (C=O) groups is 1. The van der Waals surface area contributed by atoms with Gasteiger partial charge in [-0.05, 0) is 43.9 Å². The third kappa shape index (κ3) is 5.05. The molecule has 1 unspecified atom stereocenters. The van der Waals surface area contributed by atoms with Gasteiger partial charge in [0.15, 0.2) is 5.79 Å². The van der Waals surface area contributed by atoms with Gasteiger partial charge in [0, 0.05) is 37.7 Å². The Morgan fingerprint density at radius 2 is 2.04 bits per heavy atom. The molecular formula is C20H27F2NO4. The number of unbranched alkanes of at least 4 members (excludes halogenated alkanes) is 2. The molecule has 150 valence electrons. The summed E-state index contributed by atoms with van der Waals surface area (Å²) in [6, 6.07) is 1.98. The summed E-state index contributed by atoms with van der Waals surface area (Å²) < 4.78 is 40.4. The molecule has 2 fully saturated rings. The SMILES string of the molecule is N#CCCCCC(F)(F)CC(C1=C(C(=O)O)CC2(CC1)OCCO2)C1CC1. The number of carboxylic acids is 1. The zero-order valence-electron chi connectivity index (χ0n) is 15.5. The zero-order valence-corrected chi connectivity index (χ0v) is 15.5. The second kappa shape index (κ2) is 8.24. The maximum atomic E-state index is 14.6. The fourth-order valence-electron chi connectivity index (χ4n) is 4.40. The fourth-order valence-corrected chi connectivity index (χ4v) is 4.40. The minimum Gasteiger partial charge on any atom is -0.478 e. The van der Waals surface area contributed by atoms with Crippen LogP contribution in [0.1, 0.15) is 64.2 Å². The van der Waals surface area contributed by atoms with Crippen molar-refractivity contribution < 1.29 is 28.2 Å². The van der Waals surface area contributed by atoms with Crippen molar-refractivity contribution in [3.63, 3.8) is 0 Å². The van der Waals surface area contributed by atoms with E-state index in [-0.39, 0.29) is 36.7 Å². The molecule has 1 aliphatic heterocycles. The molecule has 1 N–H and O–H groups in total. The van der Waals surface area contributed by atoms with Crippen LogP contribution in [0, 0.1) is 23.2 Å². The van der Waals surface area contributed by atoms with Crippen LogP contribution in [0.2, 0.25) is 0 Å². The van der Waals surface area contributed by atoms with Crippen molar-refractivity contribution in [2.75, 3.05) is 13.2 Å². The third-order valence-electron chi connectivity index (χ3n) is 5.92. The van der Waals surface area contributed by atoms with E-state index in [4.69, 9.17) is 14.7 Å². The highest BCUT2D eigenvalue weighted by Crippen LogP contribution is 2.51. The average molecular weight is 383 g/mol. The number of rotatable bonds is 9. The maximum Gasteiger partial charge on any atom is 0.331 e. The lowest BCUT2D eigenvalue weighted by Gasteiger charge is -2.36. The van der Waals surface area contributed by atoms with E-state index in [0.29, 0.717) is 50.9 Å². The van der Waals surface area contributed by atoms with E-state index in [1.54, 1.807) is 0 Å². The Morgan fingerprint density at radius 3 is 2.63 bits per heavy atom. The molecule has 1 saturated heterocycles. The van der Waals surface area contributed by atoms with Crippen molar-refractivity contribution in [1.82, 2.24) is 0 Å². The van der Waals surface area contributed by atoms with Gasteiger partial charge in [0.2, 0.25) is 5.92 Å². The lowest BCUT2D eigenvalue weighted by molar-refractivity contribution is -0.168. The molecular weight excluding hydrogens is 356 g/mol. The molecule has 0 bridgehead atoms. The van der Waals surface area contributed by atoms with Crippen molar-refractivity contribution in [3.8, 4) is 6.07 Å². The van der Waals surface area contributed by atoms with Gasteiger partial charge < -0.3 is 14.6 Å². The molecule has 7 heteroatoms. The summed E-state index contributed by atoms with van der Waals surface area (Å²) in [5.41, 5.74) is 0.881. The Hall–Kier alpha value is -1.52. The number of halogens is 2. The molecule has 0 aromatic rings. The van der Waals surface area contributed by atoms with Crippen molar-refractivity contribution in [2.24, 2.45) is 11.8 Å². The van der Waals surface area contributed by atoms with Gasteiger partial charge in [0.1, 0.15) is 0 Å². The number of nitriles is 1. The van der Waals surface area contributed by atoms with Crippen molar-refractivity contribution in [3.05, 3.63) is 11.1 Å². The van der Waals surface area contributed by atoms with E-state index < -0.39 is 17.7 Å². The number of hydrogen-bond donors (Lipinski definition) is 1. The molecule has 1 atom stereocenters. The molecule has 27 heavy (non-hydrogen) atoms. The lowest BCUT2D eigenvalue weighted by atomic mass is 9.76. The molecule has 3 aliphatic rings. The molecule has 0 aromatic carbocycles. The summed E-state index contributed by atoms with van der Waals surface area (Å²) in [4.78, 5) is 11.9. The van der Waals surface area contributed by atoms with Crippen LogP contribution < -0.4 is 0 Å². The van der Waals surface area contributed by atoms with E-state index in [0.717, 1.165) is 12.8 Å². The Morgan fingerprint density at radius 1 is 1.33 bits per heavy atom. The van der Waals surface area contributed by atoms with Gasteiger partial charge in [-0.3, -0.25) is 0 Å². The first-order chi connectivity index (χ1) is 12.9. The second-order valence-corrected chi connectivity index (χ2v) is 7.96. The minimum atomic E-state index is -2.84. The highest BCUT2D eigenvalue weighted by Gasteiger charge is 2.47. The highest BCUT2D eigenvalue weighted by molar-refractivity contribution is 5.88. The first-order valence-electron chi connectivity index (χ1n) is 9.84. The van der Waals surface area contributed by atoms with Gasteiger partial charge in [-0.2, -0.15) is 5.26 Å². The number of allylic oxidation sites excluding steroid dienone is 1. The number of ether oxygens (including phenoxy) is 2. The lowest BCUT2D eigenvalue weighted by Crippen LogP contribution is -2.37. The standard InChI is InChI=1S/C20H27F2NO4/c21-19(22,7-2-1-3-9-23)12-16(14-4-5-14)15-6-8-20(26-10-11-27-20)13-17(15)18(24)25/h14,16H,1-8,10-13H2,(H,24,25). The Bertz CT molecular complexity index is 630. The van der Waals surface area contributed by atoms with Gasteiger partial charge in [0.25, 0.3) is 0 Å². The summed E-state index contributed by atoms with van der Waals surface area (Å²) in [5.74, 6) is -5.01. The number of carboxylic acid groups (broad SMARTS) is 1. The quantitative estimate of drug-likeness (QED) is 0.596. The normalized spacial score (nSPS) is 23.4. The molecule has 2 aliphatic carbocycles. The predicted molar refractivity (Wildman–Crippen MR) is 93.0 cm³/mol. The van der Waals surface area contributed by atoms with Crippen LogP contribution >= 0.6 is 0 Å². The first kappa shape index (κ1) is 20.2. The maximum absolute atomic E-state index is 14.6. The Kier molecular flexibility index (Phi) is 6.17. The largest absolute Gasteiger partial charge is 0.478 e. The van der Waals surface area contributed by atoms with Gasteiger partial charge in [-0.25, -0.2) is 13.6 Å². The van der Waals surface area contributed by atoms with Gasteiger partial charge in [-0.15, -0.1) is 0 Å². The number of alkyl halides is 2. The smallest absolute Gasteiger partial charge is 0.331 e. The zero-order chi connectivity index (χ0) is 19.5. The molecule has 0 amide bonds. The van der Waals surface area contributed by atoms with Crippen LogP contribution in [0.15, 0.2) is 11.1 Å². The number of aliphatic carboxylic acids is 1. The minimum absolute atomic E-state index is 0.134. The van der Waals surface area contributed by atoms with Gasteiger partial charge in [0.05, 0.1) is 19.3 Å². The Balaban J connectivity index is 1.75. The third-order valence-corrected chi connectivity index (χ3v) is 5.92. The molecule has 3 rings (SSSR count). The molecule has 1 spiro atoms. The van der Waals surface area contributed by atoms with Crippen LogP contribution in [-0.4, -0.2) is 36.0 Å². The van der Waals surface area contributed by atoms with Crippen molar-refractivity contribution in [2.45, 2.75) is 75.9 Å². The van der Waals surface area contributed by atoms with Gasteiger partial charge in [-0.1, -0.05) is 5.57 Å². The van der Waals surface area contributed by atoms with E-state index in [1.165, 1.54) is 0 Å². The summed E-state index contributed by atoms with van der Waals surface area (Å²) in [5, 5.41) is 18.3. The predicted octanol–water partition coefficient (Wildman–Crippen LogP) is 4.43. The van der Waals surface area contributed by atoms with Crippen molar-refractivity contribution in [1.29, 1.82) is 5.26 Å². The summed E-state index contributed by atoms with van der Waals surface area (Å²) >= 11 is 0. The molecule has 0 aromatic heterocycles. The summed E-state index contributed by atoms with van der Waals surface area (Å²) in [6.45, 7) is 0.879. The Labute approximate surface area is 158 Å². The topological polar surface area (TPSA) is 79.6 Å². The number of nitrogens with zero attached hydrogens (tertiary/aromatic N) is 1. The molecule has 0 radical (unpaired) electrons. The first-order valence-corrected chi connectivity index (χ1v) is 9.84. The second-order valence-electron chi connectivity index (χ2n) is 7.96. The fraction of sp³-hybridized carbons (Fsp3) is 0.800. The molecule has 1 saturated carbocycles. The van der Waals surface area contributed by atoms with Crippen LogP contribution in [0.25, 0.3) is 0 Å². The van der Waals surface area contributed by atoms with E-state index in [1.807, 2.05) is 6.07 Å². The number of hydrogen-bond acceptors (Lipinski definition) is 4.